The predicted molar refractivity (Wildman–Crippen MR) is 102 cm³/mol. The SMILES string of the molecule is CC(C)CSc1nc2c(c(=O)[nH]c(=O)n2C)n1Cc1ccc(Cl)cc1. The average molecular weight is 379 g/mol. The van der Waals surface area contributed by atoms with E-state index in [0.717, 1.165) is 16.5 Å². The monoisotopic (exact) mass is 378 g/mol. The molecule has 2 aromatic heterocycles. The van der Waals surface area contributed by atoms with Crippen molar-refractivity contribution < 1.29 is 0 Å². The van der Waals surface area contributed by atoms with Crippen molar-refractivity contribution in [3.05, 3.63) is 55.7 Å². The molecule has 0 aliphatic heterocycles. The highest BCUT2D eigenvalue weighted by molar-refractivity contribution is 7.99. The van der Waals surface area contributed by atoms with Crippen LogP contribution in [0.3, 0.4) is 0 Å². The van der Waals surface area contributed by atoms with Gasteiger partial charge in [-0.1, -0.05) is 49.3 Å². The van der Waals surface area contributed by atoms with Crippen molar-refractivity contribution in [1.82, 2.24) is 19.1 Å². The smallest absolute Gasteiger partial charge is 0.309 e. The van der Waals surface area contributed by atoms with Crippen LogP contribution in [0.25, 0.3) is 11.2 Å². The summed E-state index contributed by atoms with van der Waals surface area (Å²) in [5.74, 6) is 1.35. The zero-order valence-electron chi connectivity index (χ0n) is 14.2. The van der Waals surface area contributed by atoms with E-state index < -0.39 is 11.2 Å². The maximum atomic E-state index is 12.4. The van der Waals surface area contributed by atoms with E-state index in [1.807, 2.05) is 28.8 Å². The number of thioether (sulfide) groups is 1. The van der Waals surface area contributed by atoms with Gasteiger partial charge in [-0.15, -0.1) is 0 Å². The van der Waals surface area contributed by atoms with Crippen molar-refractivity contribution in [3.8, 4) is 0 Å². The molecule has 1 aromatic carbocycles. The quantitative estimate of drug-likeness (QED) is 0.693. The van der Waals surface area contributed by atoms with E-state index in [1.54, 1.807) is 18.8 Å². The first-order valence-corrected chi connectivity index (χ1v) is 9.30. The number of nitrogens with zero attached hydrogens (tertiary/aromatic N) is 3. The molecule has 1 N–H and O–H groups in total. The molecule has 2 heterocycles. The standard InChI is InChI=1S/C17H19ClN4O2S/c1-10(2)9-25-17-19-14-13(15(23)20-16(24)21(14)3)22(17)8-11-4-6-12(18)7-5-11/h4-7,10H,8-9H2,1-3H3,(H,20,23,24). The normalized spacial score (nSPS) is 11.6. The van der Waals surface area contributed by atoms with Gasteiger partial charge >= 0.3 is 5.69 Å². The molecule has 0 saturated heterocycles. The molecule has 8 heteroatoms. The molecule has 6 nitrogen and oxygen atoms in total. The minimum atomic E-state index is -0.464. The van der Waals surface area contributed by atoms with Crippen molar-refractivity contribution in [2.45, 2.75) is 25.5 Å². The predicted octanol–water partition coefficient (Wildman–Crippen LogP) is 2.87. The van der Waals surface area contributed by atoms with Crippen LogP contribution in [-0.2, 0) is 13.6 Å². The number of aryl methyl sites for hydroxylation is 1. The lowest BCUT2D eigenvalue weighted by molar-refractivity contribution is 0.715. The molecule has 3 rings (SSSR count). The number of benzene rings is 1. The van der Waals surface area contributed by atoms with E-state index in [-0.39, 0.29) is 0 Å². The minimum absolute atomic E-state index is 0.397. The third-order valence-corrected chi connectivity index (χ3v) is 5.43. The molecule has 0 aliphatic carbocycles. The lowest BCUT2D eigenvalue weighted by Gasteiger charge is -2.10. The Hall–Kier alpha value is -1.99. The van der Waals surface area contributed by atoms with Crippen LogP contribution in [0.4, 0.5) is 0 Å². The van der Waals surface area contributed by atoms with Crippen LogP contribution in [-0.4, -0.2) is 24.9 Å². The summed E-state index contributed by atoms with van der Waals surface area (Å²) in [6.45, 7) is 4.73. The number of halogens is 1. The zero-order valence-corrected chi connectivity index (χ0v) is 15.8. The number of hydrogen-bond acceptors (Lipinski definition) is 4. The first-order chi connectivity index (χ1) is 11.9. The molecule has 0 atom stereocenters. The second-order valence-electron chi connectivity index (χ2n) is 6.30. The lowest BCUT2D eigenvalue weighted by Crippen LogP contribution is -2.29. The van der Waals surface area contributed by atoms with Gasteiger partial charge < -0.3 is 4.57 Å². The number of fused-ring (bicyclic) bond motifs is 1. The number of hydrogen-bond donors (Lipinski definition) is 1. The van der Waals surface area contributed by atoms with Crippen LogP contribution in [0.15, 0.2) is 39.0 Å². The second kappa shape index (κ2) is 7.09. The highest BCUT2D eigenvalue weighted by Gasteiger charge is 2.18. The van der Waals surface area contributed by atoms with Crippen molar-refractivity contribution in [2.24, 2.45) is 13.0 Å². The third kappa shape index (κ3) is 3.67. The van der Waals surface area contributed by atoms with Crippen LogP contribution < -0.4 is 11.2 Å². The number of rotatable bonds is 5. The Bertz CT molecular complexity index is 1020. The number of aromatic amines is 1. The summed E-state index contributed by atoms with van der Waals surface area (Å²) in [5, 5.41) is 1.39. The summed E-state index contributed by atoms with van der Waals surface area (Å²) >= 11 is 7.54. The van der Waals surface area contributed by atoms with Crippen molar-refractivity contribution in [3.63, 3.8) is 0 Å². The second-order valence-corrected chi connectivity index (χ2v) is 7.73. The van der Waals surface area contributed by atoms with Gasteiger partial charge in [0.25, 0.3) is 5.56 Å². The molecule has 3 aromatic rings. The maximum absolute atomic E-state index is 12.4. The Morgan fingerprint density at radius 2 is 1.92 bits per heavy atom. The fourth-order valence-corrected chi connectivity index (χ4v) is 3.56. The molecule has 0 amide bonds. The molecule has 0 radical (unpaired) electrons. The first kappa shape index (κ1) is 17.8. The van der Waals surface area contributed by atoms with Crippen LogP contribution in [0.2, 0.25) is 5.02 Å². The minimum Gasteiger partial charge on any atom is -0.309 e. The largest absolute Gasteiger partial charge is 0.329 e. The van der Waals surface area contributed by atoms with Gasteiger partial charge in [0, 0.05) is 17.8 Å². The van der Waals surface area contributed by atoms with E-state index in [9.17, 15) is 9.59 Å². The number of imidazole rings is 1. The summed E-state index contributed by atoms with van der Waals surface area (Å²) in [7, 11) is 1.61. The van der Waals surface area contributed by atoms with E-state index in [4.69, 9.17) is 11.6 Å². The van der Waals surface area contributed by atoms with Crippen LogP contribution >= 0.6 is 23.4 Å². The Morgan fingerprint density at radius 3 is 2.56 bits per heavy atom. The lowest BCUT2D eigenvalue weighted by atomic mass is 10.2. The summed E-state index contributed by atoms with van der Waals surface area (Å²) in [6.07, 6.45) is 0. The van der Waals surface area contributed by atoms with Crippen LogP contribution in [0.5, 0.6) is 0 Å². The van der Waals surface area contributed by atoms with E-state index in [1.165, 1.54) is 4.57 Å². The maximum Gasteiger partial charge on any atom is 0.329 e. The molecule has 0 aliphatic rings. The highest BCUT2D eigenvalue weighted by atomic mass is 35.5. The van der Waals surface area contributed by atoms with Gasteiger partial charge in [0.05, 0.1) is 6.54 Å². The first-order valence-electron chi connectivity index (χ1n) is 7.93. The fraction of sp³-hybridized carbons (Fsp3) is 0.353. The molecule has 0 unspecified atom stereocenters. The van der Waals surface area contributed by atoms with Gasteiger partial charge in [-0.3, -0.25) is 14.3 Å². The van der Waals surface area contributed by atoms with Gasteiger partial charge in [0.1, 0.15) is 0 Å². The molecule has 25 heavy (non-hydrogen) atoms. The number of nitrogens with one attached hydrogen (secondary N) is 1. The van der Waals surface area contributed by atoms with E-state index in [2.05, 4.69) is 23.8 Å². The Morgan fingerprint density at radius 1 is 1.24 bits per heavy atom. The van der Waals surface area contributed by atoms with Crippen LogP contribution in [0.1, 0.15) is 19.4 Å². The van der Waals surface area contributed by atoms with Crippen molar-refractivity contribution >= 4 is 34.5 Å². The van der Waals surface area contributed by atoms with Gasteiger partial charge in [0.2, 0.25) is 0 Å². The van der Waals surface area contributed by atoms with Gasteiger partial charge in [0.15, 0.2) is 16.3 Å². The molecular formula is C17H19ClN4O2S. The Kier molecular flexibility index (Phi) is 5.06. The third-order valence-electron chi connectivity index (χ3n) is 3.77. The molecule has 0 saturated carbocycles. The van der Waals surface area contributed by atoms with E-state index in [0.29, 0.717) is 28.6 Å². The van der Waals surface area contributed by atoms with Crippen LogP contribution in [0, 0.1) is 5.92 Å². The zero-order chi connectivity index (χ0) is 18.1. The van der Waals surface area contributed by atoms with E-state index >= 15 is 0 Å². The topological polar surface area (TPSA) is 72.7 Å². The van der Waals surface area contributed by atoms with Crippen molar-refractivity contribution in [1.29, 1.82) is 0 Å². The summed E-state index contributed by atoms with van der Waals surface area (Å²) in [4.78, 5) is 31.2. The molecular weight excluding hydrogens is 360 g/mol. The highest BCUT2D eigenvalue weighted by Crippen LogP contribution is 2.24. The number of H-pyrrole nitrogens is 1. The Balaban J connectivity index is 2.16. The average Bonchev–Trinajstić information content (AvgIpc) is 2.92. The van der Waals surface area contributed by atoms with Crippen molar-refractivity contribution in [2.75, 3.05) is 5.75 Å². The molecule has 0 bridgehead atoms. The fourth-order valence-electron chi connectivity index (χ4n) is 2.49. The summed E-state index contributed by atoms with van der Waals surface area (Å²) in [6, 6.07) is 7.47. The molecule has 132 valence electrons. The molecule has 0 spiro atoms. The number of aromatic nitrogens is 4. The van der Waals surface area contributed by atoms with Gasteiger partial charge in [-0.2, -0.15) is 0 Å². The summed E-state index contributed by atoms with van der Waals surface area (Å²) < 4.78 is 3.23. The molecule has 0 fully saturated rings. The van der Waals surface area contributed by atoms with Gasteiger partial charge in [-0.05, 0) is 23.6 Å². The Labute approximate surface area is 153 Å². The summed E-state index contributed by atoms with van der Waals surface area (Å²) in [5.41, 5.74) is 0.922. The van der Waals surface area contributed by atoms with Gasteiger partial charge in [-0.25, -0.2) is 9.78 Å².